The molecule has 4 nitrogen and oxygen atoms in total. The predicted molar refractivity (Wildman–Crippen MR) is 94.0 cm³/mol. The average Bonchev–Trinajstić information content (AvgIpc) is 2.53. The van der Waals surface area contributed by atoms with Gasteiger partial charge in [0.1, 0.15) is 0 Å². The first-order valence-electron chi connectivity index (χ1n) is 6.74. The highest BCUT2D eigenvalue weighted by molar-refractivity contribution is 8.00. The quantitative estimate of drug-likeness (QED) is 0.780. The Labute approximate surface area is 148 Å². The van der Waals surface area contributed by atoms with Crippen molar-refractivity contribution in [2.24, 2.45) is 0 Å². The van der Waals surface area contributed by atoms with Crippen molar-refractivity contribution in [1.82, 2.24) is 10.6 Å². The van der Waals surface area contributed by atoms with Crippen molar-refractivity contribution in [3.05, 3.63) is 64.1 Å². The highest BCUT2D eigenvalue weighted by Gasteiger charge is 2.11. The monoisotopic (exact) mass is 368 g/mol. The molecule has 23 heavy (non-hydrogen) atoms. The number of benzene rings is 2. The second kappa shape index (κ2) is 8.82. The number of thioether (sulfide) groups is 1. The Kier molecular flexibility index (Phi) is 6.77. The van der Waals surface area contributed by atoms with Crippen LogP contribution < -0.4 is 10.6 Å². The van der Waals surface area contributed by atoms with Gasteiger partial charge in [-0.1, -0.05) is 59.6 Å². The topological polar surface area (TPSA) is 58.2 Å². The molecule has 0 aliphatic carbocycles. The molecule has 0 spiro atoms. The molecular weight excluding hydrogens is 355 g/mol. The van der Waals surface area contributed by atoms with Crippen LogP contribution in [0.25, 0.3) is 0 Å². The highest BCUT2D eigenvalue weighted by atomic mass is 35.5. The Hall–Kier alpha value is -1.69. The second-order valence-corrected chi connectivity index (χ2v) is 6.36. The standard InChI is InChI=1S/C16H14Cl2N2O2S/c17-12-7-4-8-13(18)15(12)23-10-14(21)20-16(22)19-9-11-5-2-1-3-6-11/h1-8H,9-10H2,(H2,19,20,21,22). The van der Waals surface area contributed by atoms with Gasteiger partial charge in [0.2, 0.25) is 5.91 Å². The van der Waals surface area contributed by atoms with Gasteiger partial charge in [0, 0.05) is 11.4 Å². The first-order chi connectivity index (χ1) is 11.1. The van der Waals surface area contributed by atoms with Crippen LogP contribution in [0.15, 0.2) is 53.4 Å². The molecule has 0 aliphatic heterocycles. The average molecular weight is 369 g/mol. The van der Waals surface area contributed by atoms with Crippen LogP contribution in [-0.2, 0) is 11.3 Å². The molecule has 2 aromatic rings. The predicted octanol–water partition coefficient (Wildman–Crippen LogP) is 4.11. The number of urea groups is 1. The van der Waals surface area contributed by atoms with Gasteiger partial charge >= 0.3 is 6.03 Å². The Morgan fingerprint density at radius 1 is 0.957 bits per heavy atom. The number of halogens is 2. The van der Waals surface area contributed by atoms with Crippen molar-refractivity contribution in [3.63, 3.8) is 0 Å². The van der Waals surface area contributed by atoms with Crippen LogP contribution in [0.1, 0.15) is 5.56 Å². The van der Waals surface area contributed by atoms with Crippen molar-refractivity contribution in [2.45, 2.75) is 11.4 Å². The summed E-state index contributed by atoms with van der Waals surface area (Å²) in [6, 6.07) is 14.0. The van der Waals surface area contributed by atoms with Gasteiger partial charge in [0.15, 0.2) is 0 Å². The molecule has 0 radical (unpaired) electrons. The lowest BCUT2D eigenvalue weighted by Gasteiger charge is -2.08. The minimum atomic E-state index is -0.537. The summed E-state index contributed by atoms with van der Waals surface area (Å²) < 4.78 is 0. The maximum Gasteiger partial charge on any atom is 0.321 e. The van der Waals surface area contributed by atoms with Gasteiger partial charge in [-0.3, -0.25) is 10.1 Å². The van der Waals surface area contributed by atoms with E-state index in [2.05, 4.69) is 10.6 Å². The zero-order valence-electron chi connectivity index (χ0n) is 12.0. The van der Waals surface area contributed by atoms with Gasteiger partial charge in [-0.25, -0.2) is 4.79 Å². The molecule has 2 aromatic carbocycles. The lowest BCUT2D eigenvalue weighted by atomic mass is 10.2. The number of hydrogen-bond donors (Lipinski definition) is 2. The van der Waals surface area contributed by atoms with Crippen molar-refractivity contribution >= 4 is 46.9 Å². The van der Waals surface area contributed by atoms with Gasteiger partial charge in [0.25, 0.3) is 0 Å². The second-order valence-electron chi connectivity index (χ2n) is 4.56. The van der Waals surface area contributed by atoms with Gasteiger partial charge in [-0.2, -0.15) is 0 Å². The van der Waals surface area contributed by atoms with Crippen LogP contribution in [0.5, 0.6) is 0 Å². The minimum Gasteiger partial charge on any atom is -0.334 e. The third kappa shape index (κ3) is 5.78. The molecule has 0 bridgehead atoms. The fourth-order valence-electron chi connectivity index (χ4n) is 1.74. The van der Waals surface area contributed by atoms with E-state index in [0.717, 1.165) is 5.56 Å². The molecule has 2 N–H and O–H groups in total. The lowest BCUT2D eigenvalue weighted by Crippen LogP contribution is -2.39. The number of carbonyl (C=O) groups is 2. The van der Waals surface area contributed by atoms with Gasteiger partial charge in [-0.05, 0) is 17.7 Å². The highest BCUT2D eigenvalue weighted by Crippen LogP contribution is 2.33. The third-order valence-corrected chi connectivity index (χ3v) is 4.80. The lowest BCUT2D eigenvalue weighted by molar-refractivity contribution is -0.117. The molecule has 0 saturated carbocycles. The Morgan fingerprint density at radius 3 is 2.26 bits per heavy atom. The summed E-state index contributed by atoms with van der Waals surface area (Å²) >= 11 is 13.2. The number of carbonyl (C=O) groups excluding carboxylic acids is 2. The SMILES string of the molecule is O=C(CSc1c(Cl)cccc1Cl)NC(=O)NCc1ccccc1. The van der Waals surface area contributed by atoms with E-state index in [1.165, 1.54) is 11.8 Å². The fourth-order valence-corrected chi connectivity index (χ4v) is 3.23. The molecule has 120 valence electrons. The molecule has 0 saturated heterocycles. The van der Waals surface area contributed by atoms with Crippen molar-refractivity contribution < 1.29 is 9.59 Å². The molecule has 0 aliphatic rings. The summed E-state index contributed by atoms with van der Waals surface area (Å²) in [6.07, 6.45) is 0. The number of rotatable bonds is 5. The maximum atomic E-state index is 11.8. The zero-order valence-corrected chi connectivity index (χ0v) is 14.3. The molecule has 0 unspecified atom stereocenters. The first kappa shape index (κ1) is 17.7. The maximum absolute atomic E-state index is 11.8. The molecule has 0 fully saturated rings. The first-order valence-corrected chi connectivity index (χ1v) is 8.49. The van der Waals surface area contributed by atoms with Gasteiger partial charge in [0.05, 0.1) is 15.8 Å². The van der Waals surface area contributed by atoms with E-state index in [1.807, 2.05) is 30.3 Å². The fraction of sp³-hybridized carbons (Fsp3) is 0.125. The van der Waals surface area contributed by atoms with E-state index >= 15 is 0 Å². The summed E-state index contributed by atoms with van der Waals surface area (Å²) in [7, 11) is 0. The van der Waals surface area contributed by atoms with Crippen LogP contribution in [0.4, 0.5) is 4.79 Å². The Morgan fingerprint density at radius 2 is 1.61 bits per heavy atom. The van der Waals surface area contributed by atoms with E-state index < -0.39 is 11.9 Å². The summed E-state index contributed by atoms with van der Waals surface area (Å²) in [5, 5.41) is 5.83. The minimum absolute atomic E-state index is 0.0439. The summed E-state index contributed by atoms with van der Waals surface area (Å²) in [4.78, 5) is 24.1. The number of imide groups is 1. The van der Waals surface area contributed by atoms with Gasteiger partial charge in [-0.15, -0.1) is 11.8 Å². The molecular formula is C16H14Cl2N2O2S. The number of nitrogens with one attached hydrogen (secondary N) is 2. The van der Waals surface area contributed by atoms with Crippen molar-refractivity contribution in [1.29, 1.82) is 0 Å². The van der Waals surface area contributed by atoms with Gasteiger partial charge < -0.3 is 5.32 Å². The largest absolute Gasteiger partial charge is 0.334 e. The van der Waals surface area contributed by atoms with Crippen LogP contribution in [-0.4, -0.2) is 17.7 Å². The number of hydrogen-bond acceptors (Lipinski definition) is 3. The molecule has 0 atom stereocenters. The molecule has 0 aromatic heterocycles. The smallest absolute Gasteiger partial charge is 0.321 e. The number of amides is 3. The molecule has 2 rings (SSSR count). The van der Waals surface area contributed by atoms with E-state index in [4.69, 9.17) is 23.2 Å². The van der Waals surface area contributed by atoms with Crippen LogP contribution in [0.3, 0.4) is 0 Å². The van der Waals surface area contributed by atoms with Crippen LogP contribution >= 0.6 is 35.0 Å². The molecule has 7 heteroatoms. The van der Waals surface area contributed by atoms with Crippen molar-refractivity contribution in [2.75, 3.05) is 5.75 Å². The Balaban J connectivity index is 1.77. The van der Waals surface area contributed by atoms with Crippen molar-refractivity contribution in [3.8, 4) is 0 Å². The Bertz CT molecular complexity index is 675. The molecule has 0 heterocycles. The normalized spacial score (nSPS) is 10.2. The summed E-state index contributed by atoms with van der Waals surface area (Å²) in [5.74, 6) is -0.376. The summed E-state index contributed by atoms with van der Waals surface area (Å²) in [5.41, 5.74) is 0.951. The molecule has 3 amide bonds. The van der Waals surface area contributed by atoms with Crippen LogP contribution in [0.2, 0.25) is 10.0 Å². The van der Waals surface area contributed by atoms with E-state index in [1.54, 1.807) is 18.2 Å². The van der Waals surface area contributed by atoms with E-state index in [0.29, 0.717) is 21.5 Å². The third-order valence-electron chi connectivity index (χ3n) is 2.82. The van der Waals surface area contributed by atoms with E-state index in [-0.39, 0.29) is 5.75 Å². The van der Waals surface area contributed by atoms with Crippen LogP contribution in [0, 0.1) is 0 Å². The van der Waals surface area contributed by atoms with E-state index in [9.17, 15) is 9.59 Å². The summed E-state index contributed by atoms with van der Waals surface area (Å²) in [6.45, 7) is 0.351. The zero-order chi connectivity index (χ0) is 16.7.